The molecule has 4 atom stereocenters. The highest BCUT2D eigenvalue weighted by molar-refractivity contribution is 6.74. The fraction of sp³-hybridized carbons (Fsp3) is 0.913. The third-order valence-corrected chi connectivity index (χ3v) is 13.3. The summed E-state index contributed by atoms with van der Waals surface area (Å²) in [5, 5.41) is 22.6. The molecule has 1 saturated heterocycles. The van der Waals surface area contributed by atoms with Crippen LogP contribution in [0.1, 0.15) is 65.7 Å². The smallest absolute Gasteiger partial charge is 0.192 e. The molecule has 4 fully saturated rings. The van der Waals surface area contributed by atoms with Crippen molar-refractivity contribution in [3.05, 3.63) is 12.2 Å². The van der Waals surface area contributed by atoms with Crippen LogP contribution < -0.4 is 0 Å². The van der Waals surface area contributed by atoms with Gasteiger partial charge in [-0.2, -0.15) is 0 Å². The number of aliphatic hydroxyl groups is 2. The lowest BCUT2D eigenvalue weighted by Crippen LogP contribution is -2.58. The van der Waals surface area contributed by atoms with Crippen molar-refractivity contribution in [2.45, 2.75) is 102 Å². The summed E-state index contributed by atoms with van der Waals surface area (Å²) in [6.45, 7) is 16.8. The van der Waals surface area contributed by atoms with Gasteiger partial charge in [-0.05, 0) is 54.8 Å². The molecule has 2 bridgehead atoms. The Bertz CT molecular complexity index is 661. The number of rotatable bonds is 2. The average molecular weight is 425 g/mol. The third kappa shape index (κ3) is 3.48. The Morgan fingerprint density at radius 2 is 1.76 bits per heavy atom. The first-order chi connectivity index (χ1) is 13.3. The molecule has 2 N–H and O–H groups in total. The van der Waals surface area contributed by atoms with Crippen LogP contribution in [0.3, 0.4) is 0 Å². The van der Waals surface area contributed by atoms with Crippen LogP contribution in [0.15, 0.2) is 12.2 Å². The van der Waals surface area contributed by atoms with Gasteiger partial charge in [0.1, 0.15) is 0 Å². The molecule has 0 amide bonds. The molecule has 3 saturated carbocycles. The Morgan fingerprint density at radius 1 is 1.10 bits per heavy atom. The molecule has 4 aliphatic rings. The fourth-order valence-corrected chi connectivity index (χ4v) is 7.74. The maximum atomic E-state index is 11.3. The van der Waals surface area contributed by atoms with Crippen molar-refractivity contribution in [3.8, 4) is 0 Å². The first-order valence-electron chi connectivity index (χ1n) is 11.4. The Morgan fingerprint density at radius 3 is 2.38 bits per heavy atom. The maximum absolute atomic E-state index is 11.3. The van der Waals surface area contributed by atoms with Crippen LogP contribution >= 0.6 is 0 Å². The van der Waals surface area contributed by atoms with E-state index in [9.17, 15) is 10.2 Å². The molecule has 1 spiro atoms. The van der Waals surface area contributed by atoms with E-state index in [-0.39, 0.29) is 34.8 Å². The number of hydrogen-bond donors (Lipinski definition) is 2. The predicted octanol–water partition coefficient (Wildman–Crippen LogP) is 4.35. The lowest BCUT2D eigenvalue weighted by atomic mass is 9.56. The van der Waals surface area contributed by atoms with E-state index in [1.807, 2.05) is 0 Å². The molecule has 4 rings (SSSR count). The molecule has 29 heavy (non-hydrogen) atoms. The normalized spacial score (nSPS) is 39.3. The second kappa shape index (κ2) is 6.88. The second-order valence-electron chi connectivity index (χ2n) is 11.6. The molecule has 0 aromatic rings. The SMILES string of the molecule is C=C1CC(O)(O)C2CCCC3(CCC4(OCCO4)C23)C[C@H]1O[Si](C)(C)C(C)(C)C. The zero-order chi connectivity index (χ0) is 21.3. The lowest BCUT2D eigenvalue weighted by molar-refractivity contribution is -0.287. The van der Waals surface area contributed by atoms with Gasteiger partial charge in [0.2, 0.25) is 0 Å². The Kier molecular flexibility index (Phi) is 5.21. The van der Waals surface area contributed by atoms with Crippen LogP contribution in [-0.4, -0.2) is 49.4 Å². The van der Waals surface area contributed by atoms with E-state index >= 15 is 0 Å². The van der Waals surface area contributed by atoms with Crippen molar-refractivity contribution in [1.82, 2.24) is 0 Å². The Labute approximate surface area is 176 Å². The second-order valence-corrected chi connectivity index (χ2v) is 16.4. The third-order valence-electron chi connectivity index (χ3n) is 8.84. The van der Waals surface area contributed by atoms with Crippen molar-refractivity contribution >= 4 is 8.32 Å². The molecule has 0 aromatic heterocycles. The van der Waals surface area contributed by atoms with Crippen molar-refractivity contribution in [1.29, 1.82) is 0 Å². The monoisotopic (exact) mass is 424 g/mol. The van der Waals surface area contributed by atoms with Gasteiger partial charge in [-0.15, -0.1) is 0 Å². The minimum Gasteiger partial charge on any atom is -0.410 e. The highest BCUT2D eigenvalue weighted by Gasteiger charge is 2.67. The van der Waals surface area contributed by atoms with E-state index in [0.717, 1.165) is 44.1 Å². The van der Waals surface area contributed by atoms with Crippen LogP contribution in [-0.2, 0) is 13.9 Å². The molecule has 1 aliphatic heterocycles. The molecule has 3 aliphatic carbocycles. The highest BCUT2D eigenvalue weighted by atomic mass is 28.4. The molecule has 5 nitrogen and oxygen atoms in total. The summed E-state index contributed by atoms with van der Waals surface area (Å²) in [5.74, 6) is -2.69. The van der Waals surface area contributed by atoms with E-state index in [1.165, 1.54) is 0 Å². The molecule has 6 heteroatoms. The van der Waals surface area contributed by atoms with E-state index < -0.39 is 19.9 Å². The van der Waals surface area contributed by atoms with Gasteiger partial charge in [0.25, 0.3) is 0 Å². The van der Waals surface area contributed by atoms with E-state index in [2.05, 4.69) is 40.4 Å². The van der Waals surface area contributed by atoms with Crippen molar-refractivity contribution in [2.24, 2.45) is 17.3 Å². The van der Waals surface area contributed by atoms with Gasteiger partial charge in [0, 0.05) is 24.7 Å². The average Bonchev–Trinajstić information content (AvgIpc) is 3.18. The van der Waals surface area contributed by atoms with Crippen molar-refractivity contribution in [3.63, 3.8) is 0 Å². The predicted molar refractivity (Wildman–Crippen MR) is 115 cm³/mol. The van der Waals surface area contributed by atoms with Crippen LogP contribution in [0.5, 0.6) is 0 Å². The minimum atomic E-state index is -2.03. The van der Waals surface area contributed by atoms with Crippen molar-refractivity contribution < 1.29 is 24.1 Å². The molecule has 3 unspecified atom stereocenters. The van der Waals surface area contributed by atoms with Crippen LogP contribution in [0.4, 0.5) is 0 Å². The summed E-state index contributed by atoms with van der Waals surface area (Å²) >= 11 is 0. The van der Waals surface area contributed by atoms with Gasteiger partial charge >= 0.3 is 0 Å². The molecular weight excluding hydrogens is 384 g/mol. The van der Waals surface area contributed by atoms with Gasteiger partial charge in [0.05, 0.1) is 19.3 Å². The fourth-order valence-electron chi connectivity index (χ4n) is 6.43. The van der Waals surface area contributed by atoms with E-state index in [0.29, 0.717) is 13.2 Å². The van der Waals surface area contributed by atoms with Crippen molar-refractivity contribution in [2.75, 3.05) is 13.2 Å². The first-order valence-corrected chi connectivity index (χ1v) is 14.3. The summed E-state index contributed by atoms with van der Waals surface area (Å²) in [6, 6.07) is 0. The quantitative estimate of drug-likeness (QED) is 0.392. The summed E-state index contributed by atoms with van der Waals surface area (Å²) in [6.07, 6.45) is 5.63. The van der Waals surface area contributed by atoms with Crippen LogP contribution in [0.25, 0.3) is 0 Å². The summed E-state index contributed by atoms with van der Waals surface area (Å²) in [5.41, 5.74) is 0.791. The number of ether oxygens (including phenoxy) is 2. The van der Waals surface area contributed by atoms with Gasteiger partial charge in [-0.25, -0.2) is 0 Å². The van der Waals surface area contributed by atoms with Gasteiger partial charge < -0.3 is 24.1 Å². The van der Waals surface area contributed by atoms with E-state index in [1.54, 1.807) is 0 Å². The van der Waals surface area contributed by atoms with Gasteiger partial charge in [-0.3, -0.25) is 0 Å². The lowest BCUT2D eigenvalue weighted by Gasteiger charge is -2.55. The van der Waals surface area contributed by atoms with Crippen LogP contribution in [0, 0.1) is 17.3 Å². The van der Waals surface area contributed by atoms with Crippen LogP contribution in [0.2, 0.25) is 18.1 Å². The highest BCUT2D eigenvalue weighted by Crippen LogP contribution is 2.66. The molecule has 0 aromatic carbocycles. The Hall–Kier alpha value is -0.243. The largest absolute Gasteiger partial charge is 0.410 e. The Balaban J connectivity index is 1.74. The zero-order valence-corrected chi connectivity index (χ0v) is 19.9. The molecular formula is C23H40O5Si. The summed E-state index contributed by atoms with van der Waals surface area (Å²) in [7, 11) is -2.03. The minimum absolute atomic E-state index is 0.000124. The number of hydrogen-bond acceptors (Lipinski definition) is 5. The first kappa shape index (κ1) is 22.0. The zero-order valence-electron chi connectivity index (χ0n) is 18.9. The topological polar surface area (TPSA) is 68.2 Å². The van der Waals surface area contributed by atoms with Gasteiger partial charge in [0.15, 0.2) is 19.9 Å². The van der Waals surface area contributed by atoms with Gasteiger partial charge in [-0.1, -0.05) is 33.8 Å². The maximum Gasteiger partial charge on any atom is 0.192 e. The standard InChI is InChI=1S/C23H40O5Si/c1-16-14-22(24,25)17-8-7-9-21(10-11-23(19(17)21)26-12-13-27-23)15-18(16)28-29(5,6)20(2,3)4/h17-19,24-25H,1,7-15H2,2-6H3/t17?,18-,19?,21?/m1/s1. The summed E-state index contributed by atoms with van der Waals surface area (Å²) < 4.78 is 19.3. The van der Waals surface area contributed by atoms with E-state index in [4.69, 9.17) is 13.9 Å². The molecule has 0 radical (unpaired) electrons. The molecule has 1 heterocycles. The molecule has 166 valence electrons. The summed E-state index contributed by atoms with van der Waals surface area (Å²) in [4.78, 5) is 0.